The Morgan fingerprint density at radius 3 is 3.00 bits per heavy atom. The van der Waals surface area contributed by atoms with E-state index < -0.39 is 0 Å². The SMILES string of the molecule is O=c1[nH]nc(C2CSCCS2)[nH]1. The highest BCUT2D eigenvalue weighted by Gasteiger charge is 2.18. The third-order valence-corrected chi connectivity index (χ3v) is 4.40. The fourth-order valence-corrected chi connectivity index (χ4v) is 3.70. The van der Waals surface area contributed by atoms with Crippen molar-refractivity contribution in [3.8, 4) is 0 Å². The molecule has 0 bridgehead atoms. The first kappa shape index (κ1) is 8.25. The molecule has 0 spiro atoms. The fourth-order valence-electron chi connectivity index (χ4n) is 1.08. The largest absolute Gasteiger partial charge is 0.340 e. The Kier molecular flexibility index (Phi) is 2.45. The number of nitrogens with zero attached hydrogens (tertiary/aromatic N) is 1. The predicted molar refractivity (Wildman–Crippen MR) is 51.7 cm³/mol. The van der Waals surface area contributed by atoms with Crippen LogP contribution in [0.5, 0.6) is 0 Å². The van der Waals surface area contributed by atoms with E-state index in [1.807, 2.05) is 23.5 Å². The third-order valence-electron chi connectivity index (χ3n) is 1.64. The Hall–Kier alpha value is -0.360. The summed E-state index contributed by atoms with van der Waals surface area (Å²) in [4.78, 5) is 13.4. The number of aromatic nitrogens is 3. The minimum absolute atomic E-state index is 0.207. The molecule has 0 aliphatic carbocycles. The maximum Gasteiger partial charge on any atom is 0.340 e. The van der Waals surface area contributed by atoms with Crippen LogP contribution >= 0.6 is 23.5 Å². The van der Waals surface area contributed by atoms with Gasteiger partial charge >= 0.3 is 5.69 Å². The van der Waals surface area contributed by atoms with Crippen molar-refractivity contribution in [3.63, 3.8) is 0 Å². The van der Waals surface area contributed by atoms with E-state index >= 15 is 0 Å². The molecule has 0 radical (unpaired) electrons. The standard InChI is InChI=1S/C6H9N3OS2/c10-6-7-5(8-9-6)4-3-11-1-2-12-4/h4H,1-3H2,(H2,7,8,9,10). The zero-order valence-corrected chi connectivity index (χ0v) is 8.00. The van der Waals surface area contributed by atoms with Gasteiger partial charge in [-0.2, -0.15) is 16.9 Å². The van der Waals surface area contributed by atoms with E-state index in [-0.39, 0.29) is 5.69 Å². The van der Waals surface area contributed by atoms with E-state index in [4.69, 9.17) is 0 Å². The molecule has 1 aromatic rings. The summed E-state index contributed by atoms with van der Waals surface area (Å²) in [6, 6.07) is 0. The van der Waals surface area contributed by atoms with Crippen LogP contribution in [0.3, 0.4) is 0 Å². The second-order valence-electron chi connectivity index (χ2n) is 2.50. The Labute approximate surface area is 77.9 Å². The van der Waals surface area contributed by atoms with Crippen molar-refractivity contribution >= 4 is 23.5 Å². The summed E-state index contributed by atoms with van der Waals surface area (Å²) in [5.74, 6) is 4.18. The van der Waals surface area contributed by atoms with Crippen LogP contribution in [0.25, 0.3) is 0 Å². The molecule has 1 aliphatic rings. The summed E-state index contributed by atoms with van der Waals surface area (Å²) >= 11 is 3.77. The molecule has 1 saturated heterocycles. The number of thioether (sulfide) groups is 2. The van der Waals surface area contributed by atoms with Gasteiger partial charge in [-0.1, -0.05) is 0 Å². The highest BCUT2D eigenvalue weighted by Crippen LogP contribution is 2.34. The van der Waals surface area contributed by atoms with Gasteiger partial charge < -0.3 is 0 Å². The molecule has 2 rings (SSSR count). The maximum atomic E-state index is 10.7. The van der Waals surface area contributed by atoms with Gasteiger partial charge in [0.15, 0.2) is 0 Å². The summed E-state index contributed by atoms with van der Waals surface area (Å²) in [5, 5.41) is 6.66. The molecule has 6 heteroatoms. The number of nitrogens with one attached hydrogen (secondary N) is 2. The van der Waals surface area contributed by atoms with E-state index in [0.29, 0.717) is 5.25 Å². The van der Waals surface area contributed by atoms with Crippen LogP contribution < -0.4 is 5.69 Å². The quantitative estimate of drug-likeness (QED) is 0.702. The van der Waals surface area contributed by atoms with Gasteiger partial charge in [-0.15, -0.1) is 11.8 Å². The van der Waals surface area contributed by atoms with Crippen LogP contribution in [0, 0.1) is 0 Å². The number of hydrogen-bond acceptors (Lipinski definition) is 4. The van der Waals surface area contributed by atoms with E-state index in [9.17, 15) is 4.79 Å². The fraction of sp³-hybridized carbons (Fsp3) is 0.667. The first-order valence-corrected chi connectivity index (χ1v) is 5.90. The van der Waals surface area contributed by atoms with Gasteiger partial charge in [0.05, 0.1) is 5.25 Å². The van der Waals surface area contributed by atoms with Crippen LogP contribution in [0.4, 0.5) is 0 Å². The lowest BCUT2D eigenvalue weighted by Gasteiger charge is -2.17. The van der Waals surface area contributed by atoms with Gasteiger partial charge in [-0.05, 0) is 0 Å². The number of rotatable bonds is 1. The Morgan fingerprint density at radius 2 is 2.42 bits per heavy atom. The average molecular weight is 203 g/mol. The molecule has 66 valence electrons. The number of H-pyrrole nitrogens is 2. The van der Waals surface area contributed by atoms with Gasteiger partial charge in [0, 0.05) is 17.3 Å². The smallest absolute Gasteiger partial charge is 0.292 e. The predicted octanol–water partition coefficient (Wildman–Crippen LogP) is 0.619. The molecule has 0 aromatic carbocycles. The van der Waals surface area contributed by atoms with E-state index in [1.54, 1.807) is 0 Å². The Balaban J connectivity index is 2.13. The Morgan fingerprint density at radius 1 is 1.50 bits per heavy atom. The summed E-state index contributed by atoms with van der Waals surface area (Å²) < 4.78 is 0. The molecule has 0 saturated carbocycles. The second kappa shape index (κ2) is 3.57. The van der Waals surface area contributed by atoms with Gasteiger partial charge in [-0.25, -0.2) is 9.89 Å². The highest BCUT2D eigenvalue weighted by molar-refractivity contribution is 8.06. The van der Waals surface area contributed by atoms with E-state index in [1.165, 1.54) is 5.75 Å². The van der Waals surface area contributed by atoms with Crippen molar-refractivity contribution in [3.05, 3.63) is 16.3 Å². The molecule has 4 nitrogen and oxygen atoms in total. The van der Waals surface area contributed by atoms with Crippen LogP contribution in [0.1, 0.15) is 11.1 Å². The van der Waals surface area contributed by atoms with Crippen molar-refractivity contribution < 1.29 is 0 Å². The molecule has 1 unspecified atom stereocenters. The normalized spacial score (nSPS) is 24.2. The van der Waals surface area contributed by atoms with Crippen LogP contribution in [-0.2, 0) is 0 Å². The third kappa shape index (κ3) is 1.69. The van der Waals surface area contributed by atoms with Crippen molar-refractivity contribution in [2.24, 2.45) is 0 Å². The second-order valence-corrected chi connectivity index (χ2v) is 4.96. The summed E-state index contributed by atoms with van der Waals surface area (Å²) in [6.45, 7) is 0. The van der Waals surface area contributed by atoms with Crippen LogP contribution in [0.2, 0.25) is 0 Å². The van der Waals surface area contributed by atoms with Crippen molar-refractivity contribution in [2.75, 3.05) is 17.3 Å². The van der Waals surface area contributed by atoms with Crippen LogP contribution in [-0.4, -0.2) is 32.4 Å². The van der Waals surface area contributed by atoms with E-state index in [2.05, 4.69) is 15.2 Å². The summed E-state index contributed by atoms with van der Waals surface area (Å²) in [5.41, 5.74) is -0.207. The average Bonchev–Trinajstić information content (AvgIpc) is 2.54. The monoisotopic (exact) mass is 203 g/mol. The van der Waals surface area contributed by atoms with Gasteiger partial charge in [0.25, 0.3) is 0 Å². The zero-order chi connectivity index (χ0) is 8.39. The van der Waals surface area contributed by atoms with Crippen molar-refractivity contribution in [1.82, 2.24) is 15.2 Å². The zero-order valence-electron chi connectivity index (χ0n) is 6.37. The van der Waals surface area contributed by atoms with Crippen molar-refractivity contribution in [2.45, 2.75) is 5.25 Å². The molecular formula is C6H9N3OS2. The first-order valence-electron chi connectivity index (χ1n) is 3.70. The minimum atomic E-state index is -0.207. The molecule has 12 heavy (non-hydrogen) atoms. The van der Waals surface area contributed by atoms with Crippen LogP contribution in [0.15, 0.2) is 4.79 Å². The van der Waals surface area contributed by atoms with Gasteiger partial charge in [0.2, 0.25) is 0 Å². The number of aromatic amines is 2. The molecule has 0 amide bonds. The molecule has 1 aromatic heterocycles. The lowest BCUT2D eigenvalue weighted by molar-refractivity contribution is 0.930. The topological polar surface area (TPSA) is 61.5 Å². The maximum absolute atomic E-state index is 10.7. The van der Waals surface area contributed by atoms with Gasteiger partial charge in [0.1, 0.15) is 5.82 Å². The molecule has 1 aliphatic heterocycles. The molecule has 1 fully saturated rings. The van der Waals surface area contributed by atoms with Crippen molar-refractivity contribution in [1.29, 1.82) is 0 Å². The Bertz CT molecular complexity index is 302. The number of hydrogen-bond donors (Lipinski definition) is 2. The summed E-state index contributed by atoms with van der Waals surface area (Å²) in [7, 11) is 0. The highest BCUT2D eigenvalue weighted by atomic mass is 32.2. The summed E-state index contributed by atoms with van der Waals surface area (Å²) in [6.07, 6.45) is 0. The molecule has 2 N–H and O–H groups in total. The minimum Gasteiger partial charge on any atom is -0.292 e. The molecule has 2 heterocycles. The lowest BCUT2D eigenvalue weighted by Crippen LogP contribution is -2.09. The van der Waals surface area contributed by atoms with Gasteiger partial charge in [-0.3, -0.25) is 4.98 Å². The lowest BCUT2D eigenvalue weighted by atomic mass is 10.4. The molecular weight excluding hydrogens is 194 g/mol. The first-order chi connectivity index (χ1) is 5.86. The molecule has 1 atom stereocenters. The van der Waals surface area contributed by atoms with E-state index in [0.717, 1.165) is 17.3 Å².